The molecule has 29 heavy (non-hydrogen) atoms. The number of aliphatic imine (C=N–C) groups is 1. The van der Waals surface area contributed by atoms with Crippen LogP contribution in [0.1, 0.15) is 82.3 Å². The van der Waals surface area contributed by atoms with E-state index in [1.807, 2.05) is 0 Å². The van der Waals surface area contributed by atoms with Crippen molar-refractivity contribution in [2.24, 2.45) is 16.8 Å². The maximum absolute atomic E-state index is 11.4. The topological polar surface area (TPSA) is 75.7 Å². The van der Waals surface area contributed by atoms with Crippen LogP contribution in [0, 0.1) is 22.0 Å². The first-order chi connectivity index (χ1) is 13.9. The summed E-state index contributed by atoms with van der Waals surface area (Å²) in [5.74, 6) is 1.54. The Labute approximate surface area is 192 Å². The zero-order valence-corrected chi connectivity index (χ0v) is 21.1. The minimum atomic E-state index is -0.826. The van der Waals surface area contributed by atoms with Crippen LogP contribution < -0.4 is 0 Å². The summed E-state index contributed by atoms with van der Waals surface area (Å²) in [4.78, 5) is 15.7. The van der Waals surface area contributed by atoms with Gasteiger partial charge in [0.25, 0.3) is 5.69 Å². The van der Waals surface area contributed by atoms with Crippen LogP contribution >= 0.6 is 17.0 Å². The minimum absolute atomic E-state index is 0.0508. The normalized spacial score (nSPS) is 25.3. The Kier molecular flexibility index (Phi) is 10.6. The van der Waals surface area contributed by atoms with E-state index in [2.05, 4.69) is 13.8 Å². The van der Waals surface area contributed by atoms with Crippen molar-refractivity contribution in [3.05, 3.63) is 33.4 Å². The van der Waals surface area contributed by atoms with Gasteiger partial charge in [0.05, 0.1) is 11.0 Å². The summed E-state index contributed by atoms with van der Waals surface area (Å²) < 4.78 is 0. The van der Waals surface area contributed by atoms with Crippen LogP contribution in [0.2, 0.25) is 0 Å². The Morgan fingerprint density at radius 1 is 1.14 bits per heavy atom. The molecule has 0 saturated heterocycles. The number of halogens is 2. The van der Waals surface area contributed by atoms with Crippen molar-refractivity contribution in [2.45, 2.75) is 77.2 Å². The molecule has 0 amide bonds. The van der Waals surface area contributed by atoms with Gasteiger partial charge in [0, 0.05) is 29.5 Å². The SMILES string of the molecule is CC1CCCC(N=Cc2cc([N+](=O)[O-])cc(C3CCCCC3)c2O)C1C.[Cl][Zr][Cl]. The van der Waals surface area contributed by atoms with E-state index in [-0.39, 0.29) is 28.3 Å². The van der Waals surface area contributed by atoms with E-state index < -0.39 is 20.8 Å². The van der Waals surface area contributed by atoms with Gasteiger partial charge in [-0.1, -0.05) is 46.0 Å². The Bertz CT molecular complexity index is 711. The second-order valence-electron chi connectivity index (χ2n) is 8.25. The van der Waals surface area contributed by atoms with E-state index in [0.717, 1.165) is 37.7 Å². The maximum atomic E-state index is 11.4. The molecule has 3 atom stereocenters. The third-order valence-electron chi connectivity index (χ3n) is 6.48. The van der Waals surface area contributed by atoms with Gasteiger partial charge in [-0.3, -0.25) is 15.1 Å². The molecule has 1 aromatic carbocycles. The van der Waals surface area contributed by atoms with Crippen molar-refractivity contribution < 1.29 is 30.9 Å². The average molecular weight is 521 g/mol. The number of nitrogens with zero attached hydrogens (tertiary/aromatic N) is 2. The van der Waals surface area contributed by atoms with E-state index in [1.54, 1.807) is 12.3 Å². The fourth-order valence-corrected chi connectivity index (χ4v) is 4.53. The summed E-state index contributed by atoms with van der Waals surface area (Å²) in [6.45, 7) is 4.49. The molecular weight excluding hydrogens is 490 g/mol. The first-order valence-corrected chi connectivity index (χ1v) is 16.7. The Balaban J connectivity index is 0.000000941. The molecule has 1 aromatic rings. The fraction of sp³-hybridized carbons (Fsp3) is 0.667. The summed E-state index contributed by atoms with van der Waals surface area (Å²) in [5.41, 5.74) is 1.27. The molecule has 0 radical (unpaired) electrons. The van der Waals surface area contributed by atoms with Crippen molar-refractivity contribution in [1.82, 2.24) is 0 Å². The van der Waals surface area contributed by atoms with Gasteiger partial charge in [0.2, 0.25) is 0 Å². The van der Waals surface area contributed by atoms with Gasteiger partial charge < -0.3 is 5.11 Å². The Morgan fingerprint density at radius 3 is 2.41 bits per heavy atom. The van der Waals surface area contributed by atoms with Crippen molar-refractivity contribution in [3.63, 3.8) is 0 Å². The van der Waals surface area contributed by atoms with E-state index >= 15 is 0 Å². The van der Waals surface area contributed by atoms with Crippen LogP contribution in [-0.2, 0) is 20.8 Å². The zero-order chi connectivity index (χ0) is 21.4. The summed E-state index contributed by atoms with van der Waals surface area (Å²) in [5, 5.41) is 22.2. The summed E-state index contributed by atoms with van der Waals surface area (Å²) in [7, 11) is 9.87. The molecule has 0 aliphatic heterocycles. The van der Waals surface area contributed by atoms with Gasteiger partial charge >= 0.3 is 37.9 Å². The van der Waals surface area contributed by atoms with Crippen molar-refractivity contribution in [2.75, 3.05) is 0 Å². The molecule has 3 unspecified atom stereocenters. The van der Waals surface area contributed by atoms with Gasteiger partial charge in [-0.15, -0.1) is 0 Å². The molecule has 2 fully saturated rings. The number of nitro groups is 1. The number of hydrogen-bond acceptors (Lipinski definition) is 4. The van der Waals surface area contributed by atoms with E-state index in [1.165, 1.54) is 25.3 Å². The summed E-state index contributed by atoms with van der Waals surface area (Å²) in [6.07, 6.45) is 10.6. The van der Waals surface area contributed by atoms with Gasteiger partial charge in [-0.2, -0.15) is 0 Å². The Morgan fingerprint density at radius 2 is 1.79 bits per heavy atom. The number of aromatic hydroxyl groups is 1. The number of nitro benzene ring substituents is 1. The predicted molar refractivity (Wildman–Crippen MR) is 116 cm³/mol. The second kappa shape index (κ2) is 12.4. The third-order valence-corrected chi connectivity index (χ3v) is 6.48. The van der Waals surface area contributed by atoms with Gasteiger partial charge in [-0.05, 0) is 37.0 Å². The molecule has 2 aliphatic rings. The van der Waals surface area contributed by atoms with E-state index in [0.29, 0.717) is 17.4 Å². The molecule has 0 heterocycles. The number of hydrogen-bond donors (Lipinski definition) is 1. The van der Waals surface area contributed by atoms with Crippen LogP contribution in [-0.4, -0.2) is 22.3 Å². The fourth-order valence-electron chi connectivity index (χ4n) is 4.53. The van der Waals surface area contributed by atoms with Crippen LogP contribution in [0.3, 0.4) is 0 Å². The first kappa shape index (κ1) is 24.8. The number of non-ortho nitro benzene ring substituents is 1. The first-order valence-electron chi connectivity index (χ1n) is 10.4. The molecule has 0 spiro atoms. The molecule has 160 valence electrons. The number of rotatable bonds is 4. The molecule has 0 bridgehead atoms. The predicted octanol–water partition coefficient (Wildman–Crippen LogP) is 6.97. The molecule has 1 N–H and O–H groups in total. The molecule has 8 heteroatoms. The van der Waals surface area contributed by atoms with Crippen molar-refractivity contribution in [1.29, 1.82) is 0 Å². The van der Waals surface area contributed by atoms with Crippen molar-refractivity contribution >= 4 is 28.9 Å². The number of phenols is 1. The number of benzene rings is 1. The van der Waals surface area contributed by atoms with Gasteiger partial charge in [-0.25, -0.2) is 0 Å². The van der Waals surface area contributed by atoms with Gasteiger partial charge in [0.15, 0.2) is 0 Å². The van der Waals surface area contributed by atoms with Crippen LogP contribution in [0.5, 0.6) is 5.75 Å². The van der Waals surface area contributed by atoms with Crippen LogP contribution in [0.25, 0.3) is 0 Å². The quantitative estimate of drug-likeness (QED) is 0.265. The Hall–Kier alpha value is -0.447. The van der Waals surface area contributed by atoms with E-state index in [4.69, 9.17) is 22.0 Å². The zero-order valence-electron chi connectivity index (χ0n) is 17.1. The summed E-state index contributed by atoms with van der Waals surface area (Å²) >= 11 is -0.826. The molecular formula is C21H30Cl2N2O3Zr. The molecule has 2 saturated carbocycles. The van der Waals surface area contributed by atoms with Gasteiger partial charge in [0.1, 0.15) is 5.75 Å². The standard InChI is InChI=1S/C21H30N2O3.2ClH.Zr/c1-14-7-6-10-20(15(14)2)22-13-17-11-18(23(25)26)12-19(21(17)24)16-8-4-3-5-9-16;;;/h11-16,20,24H,3-10H2,1-2H3;2*1H;/q;;;+2/p-2. The average Bonchev–Trinajstić information content (AvgIpc) is 2.71. The molecule has 3 rings (SSSR count). The van der Waals surface area contributed by atoms with Crippen LogP contribution in [0.4, 0.5) is 5.69 Å². The van der Waals surface area contributed by atoms with E-state index in [9.17, 15) is 15.2 Å². The monoisotopic (exact) mass is 518 g/mol. The molecule has 5 nitrogen and oxygen atoms in total. The number of phenolic OH excluding ortho intramolecular Hbond substituents is 1. The molecule has 2 aliphatic carbocycles. The molecule has 0 aromatic heterocycles. The van der Waals surface area contributed by atoms with Crippen LogP contribution in [0.15, 0.2) is 17.1 Å². The second-order valence-corrected chi connectivity index (χ2v) is 12.0. The third kappa shape index (κ3) is 7.04. The summed E-state index contributed by atoms with van der Waals surface area (Å²) in [6, 6.07) is 3.26. The van der Waals surface area contributed by atoms with Crippen molar-refractivity contribution in [3.8, 4) is 5.75 Å².